The van der Waals surface area contributed by atoms with E-state index in [9.17, 15) is 13.2 Å². The lowest BCUT2D eigenvalue weighted by atomic mass is 10.1. The molecule has 0 atom stereocenters. The first-order valence-electron chi connectivity index (χ1n) is 5.01. The van der Waals surface area contributed by atoms with E-state index in [4.69, 9.17) is 21.4 Å². The van der Waals surface area contributed by atoms with Gasteiger partial charge in [0.1, 0.15) is 5.75 Å². The first kappa shape index (κ1) is 14.1. The average Bonchev–Trinajstić information content (AvgIpc) is 2.21. The highest BCUT2D eigenvalue weighted by Crippen LogP contribution is 2.29. The van der Waals surface area contributed by atoms with E-state index < -0.39 is 12.6 Å². The van der Waals surface area contributed by atoms with Crippen molar-refractivity contribution in [1.82, 2.24) is 0 Å². The van der Waals surface area contributed by atoms with Gasteiger partial charge in [0.15, 0.2) is 0 Å². The minimum atomic E-state index is -4.25. The number of hydrogen-bond acceptors (Lipinski definition) is 2. The highest BCUT2D eigenvalue weighted by molar-refractivity contribution is 6.32. The second-order valence-corrected chi connectivity index (χ2v) is 3.89. The molecule has 96 valence electrons. The maximum absolute atomic E-state index is 12.2. The number of aliphatic hydroxyl groups is 1. The first-order valence-corrected chi connectivity index (χ1v) is 5.39. The van der Waals surface area contributed by atoms with Crippen LogP contribution in [0, 0.1) is 0 Å². The summed E-state index contributed by atoms with van der Waals surface area (Å²) < 4.78 is 41.7. The van der Waals surface area contributed by atoms with E-state index in [1.54, 1.807) is 0 Å². The third kappa shape index (κ3) is 5.28. The molecule has 1 aromatic rings. The molecule has 0 fully saturated rings. The van der Waals surface area contributed by atoms with E-state index in [2.05, 4.69) is 0 Å². The number of halogens is 4. The van der Waals surface area contributed by atoms with Gasteiger partial charge in [-0.3, -0.25) is 0 Å². The predicted octanol–water partition coefficient (Wildman–Crippen LogP) is 3.21. The monoisotopic (exact) mass is 268 g/mol. The van der Waals surface area contributed by atoms with Crippen LogP contribution in [0.5, 0.6) is 5.75 Å². The van der Waals surface area contributed by atoms with E-state index in [-0.39, 0.29) is 29.5 Å². The largest absolute Gasteiger partial charge is 0.492 e. The molecule has 0 saturated carbocycles. The number of alkyl halides is 3. The lowest BCUT2D eigenvalue weighted by Gasteiger charge is -2.11. The van der Waals surface area contributed by atoms with Crippen molar-refractivity contribution >= 4 is 11.6 Å². The number of hydrogen-bond donors (Lipinski definition) is 1. The molecular formula is C11H12ClF3O2. The molecule has 0 aliphatic heterocycles. The second-order valence-electron chi connectivity index (χ2n) is 3.48. The Morgan fingerprint density at radius 2 is 2.00 bits per heavy atom. The van der Waals surface area contributed by atoms with Crippen molar-refractivity contribution in [2.75, 3.05) is 13.2 Å². The van der Waals surface area contributed by atoms with Crippen LogP contribution in [0.4, 0.5) is 13.2 Å². The smallest absolute Gasteiger partial charge is 0.393 e. The highest BCUT2D eigenvalue weighted by atomic mass is 35.5. The van der Waals surface area contributed by atoms with Crippen LogP contribution in [0.3, 0.4) is 0 Å². The molecule has 0 saturated heterocycles. The molecular weight excluding hydrogens is 257 g/mol. The summed E-state index contributed by atoms with van der Waals surface area (Å²) >= 11 is 5.78. The molecule has 0 bridgehead atoms. The van der Waals surface area contributed by atoms with Crippen molar-refractivity contribution in [3.05, 3.63) is 28.8 Å². The fourth-order valence-corrected chi connectivity index (χ4v) is 1.42. The number of aliphatic hydroxyl groups excluding tert-OH is 1. The van der Waals surface area contributed by atoms with Crippen LogP contribution >= 0.6 is 11.6 Å². The fraction of sp³-hybridized carbons (Fsp3) is 0.455. The lowest BCUT2D eigenvalue weighted by Crippen LogP contribution is -2.11. The molecule has 2 nitrogen and oxygen atoms in total. The molecule has 17 heavy (non-hydrogen) atoms. The fourth-order valence-electron chi connectivity index (χ4n) is 1.25. The molecule has 0 aliphatic carbocycles. The molecule has 1 aromatic carbocycles. The Morgan fingerprint density at radius 3 is 2.59 bits per heavy atom. The molecule has 0 unspecified atom stereocenters. The predicted molar refractivity (Wildman–Crippen MR) is 58.4 cm³/mol. The molecule has 0 radical (unpaired) electrons. The maximum atomic E-state index is 12.2. The Balaban J connectivity index is 2.72. The SMILES string of the molecule is OCCCOc1cc(CC(F)(F)F)ccc1Cl. The molecule has 0 aliphatic rings. The second kappa shape index (κ2) is 6.12. The molecule has 1 rings (SSSR count). The van der Waals surface area contributed by atoms with Gasteiger partial charge in [0, 0.05) is 13.0 Å². The molecule has 0 amide bonds. The standard InChI is InChI=1S/C11H12ClF3O2/c12-9-3-2-8(7-11(13,14)15)6-10(9)17-5-1-4-16/h2-3,6,16H,1,4-5,7H2. The Kier molecular flexibility index (Phi) is 5.08. The number of benzene rings is 1. The zero-order chi connectivity index (χ0) is 12.9. The van der Waals surface area contributed by atoms with Crippen LogP contribution in [-0.2, 0) is 6.42 Å². The van der Waals surface area contributed by atoms with Crippen LogP contribution in [-0.4, -0.2) is 24.5 Å². The Labute approximate surface area is 102 Å². The van der Waals surface area contributed by atoms with Crippen molar-refractivity contribution in [2.24, 2.45) is 0 Å². The van der Waals surface area contributed by atoms with Gasteiger partial charge in [-0.2, -0.15) is 13.2 Å². The lowest BCUT2D eigenvalue weighted by molar-refractivity contribution is -0.127. The topological polar surface area (TPSA) is 29.5 Å². The van der Waals surface area contributed by atoms with Gasteiger partial charge < -0.3 is 9.84 Å². The summed E-state index contributed by atoms with van der Waals surface area (Å²) in [7, 11) is 0. The summed E-state index contributed by atoms with van der Waals surface area (Å²) in [6, 6.07) is 3.96. The molecule has 6 heteroatoms. The zero-order valence-electron chi connectivity index (χ0n) is 8.93. The average molecular weight is 269 g/mol. The van der Waals surface area contributed by atoms with Crippen molar-refractivity contribution in [3.63, 3.8) is 0 Å². The van der Waals surface area contributed by atoms with Gasteiger partial charge in [-0.1, -0.05) is 17.7 Å². The van der Waals surface area contributed by atoms with Crippen LogP contribution in [0.15, 0.2) is 18.2 Å². The van der Waals surface area contributed by atoms with E-state index in [1.807, 2.05) is 0 Å². The zero-order valence-corrected chi connectivity index (χ0v) is 9.68. The minimum Gasteiger partial charge on any atom is -0.492 e. The molecule has 0 heterocycles. The van der Waals surface area contributed by atoms with Gasteiger partial charge in [-0.15, -0.1) is 0 Å². The van der Waals surface area contributed by atoms with E-state index >= 15 is 0 Å². The summed E-state index contributed by atoms with van der Waals surface area (Å²) in [6.45, 7) is 0.172. The van der Waals surface area contributed by atoms with Crippen molar-refractivity contribution in [2.45, 2.75) is 19.0 Å². The van der Waals surface area contributed by atoms with Gasteiger partial charge in [0.2, 0.25) is 0 Å². The van der Waals surface area contributed by atoms with Crippen molar-refractivity contribution in [1.29, 1.82) is 0 Å². The Bertz CT molecular complexity index is 366. The Morgan fingerprint density at radius 1 is 1.29 bits per heavy atom. The third-order valence-electron chi connectivity index (χ3n) is 1.96. The van der Waals surface area contributed by atoms with Gasteiger partial charge in [0.25, 0.3) is 0 Å². The molecule has 0 aromatic heterocycles. The minimum absolute atomic E-state index is 0.0418. The van der Waals surface area contributed by atoms with Gasteiger partial charge in [-0.25, -0.2) is 0 Å². The van der Waals surface area contributed by atoms with Gasteiger partial charge in [-0.05, 0) is 17.7 Å². The van der Waals surface area contributed by atoms with Crippen molar-refractivity contribution in [3.8, 4) is 5.75 Å². The Hall–Kier alpha value is -0.940. The summed E-state index contributed by atoms with van der Waals surface area (Å²) in [5, 5.41) is 8.82. The van der Waals surface area contributed by atoms with Crippen LogP contribution in [0.25, 0.3) is 0 Å². The van der Waals surface area contributed by atoms with Gasteiger partial charge >= 0.3 is 6.18 Å². The number of ether oxygens (including phenoxy) is 1. The normalized spacial score (nSPS) is 11.6. The maximum Gasteiger partial charge on any atom is 0.393 e. The van der Waals surface area contributed by atoms with Crippen LogP contribution in [0.2, 0.25) is 5.02 Å². The van der Waals surface area contributed by atoms with Crippen LogP contribution < -0.4 is 4.74 Å². The molecule has 0 spiro atoms. The molecule has 1 N–H and O–H groups in total. The number of rotatable bonds is 5. The summed E-state index contributed by atoms with van der Waals surface area (Å²) in [4.78, 5) is 0. The quantitative estimate of drug-likeness (QED) is 0.831. The van der Waals surface area contributed by atoms with Crippen molar-refractivity contribution < 1.29 is 23.0 Å². The van der Waals surface area contributed by atoms with E-state index in [0.717, 1.165) is 0 Å². The first-order chi connectivity index (χ1) is 7.92. The van der Waals surface area contributed by atoms with E-state index in [1.165, 1.54) is 18.2 Å². The van der Waals surface area contributed by atoms with E-state index in [0.29, 0.717) is 6.42 Å². The summed E-state index contributed by atoms with van der Waals surface area (Å²) in [5.41, 5.74) is 0.0981. The van der Waals surface area contributed by atoms with Gasteiger partial charge in [0.05, 0.1) is 18.1 Å². The summed E-state index contributed by atoms with van der Waals surface area (Å²) in [6.07, 6.45) is -4.86. The highest BCUT2D eigenvalue weighted by Gasteiger charge is 2.27. The summed E-state index contributed by atoms with van der Waals surface area (Å²) in [5.74, 6) is 0.210. The third-order valence-corrected chi connectivity index (χ3v) is 2.27. The van der Waals surface area contributed by atoms with Crippen LogP contribution in [0.1, 0.15) is 12.0 Å².